The molecular weight excluding hydrogens is 264 g/mol. The highest BCUT2D eigenvalue weighted by Gasteiger charge is 2.27. The Morgan fingerprint density at radius 3 is 2.26 bits per heavy atom. The number of carbonyl (C=O) groups excluding carboxylic acids is 2. The van der Waals surface area contributed by atoms with Crippen LogP contribution in [0.3, 0.4) is 0 Å². The lowest BCUT2D eigenvalue weighted by atomic mass is 9.88. The molecule has 0 radical (unpaired) electrons. The molecule has 0 N–H and O–H groups in total. The summed E-state index contributed by atoms with van der Waals surface area (Å²) in [6, 6.07) is 7.04. The smallest absolute Gasteiger partial charge is 0.321 e. The van der Waals surface area contributed by atoms with Gasteiger partial charge < -0.3 is 4.74 Å². The summed E-state index contributed by atoms with van der Waals surface area (Å²) in [6.07, 6.45) is 0.927. The van der Waals surface area contributed by atoms with Crippen molar-refractivity contribution in [3.05, 3.63) is 34.9 Å². The van der Waals surface area contributed by atoms with Gasteiger partial charge in [0.15, 0.2) is 0 Å². The molecule has 0 heterocycles. The van der Waals surface area contributed by atoms with E-state index in [1.165, 1.54) is 0 Å². The van der Waals surface area contributed by atoms with Gasteiger partial charge in [-0.3, -0.25) is 9.59 Å². The van der Waals surface area contributed by atoms with Crippen LogP contribution in [0.4, 0.5) is 0 Å². The van der Waals surface area contributed by atoms with Crippen molar-refractivity contribution in [2.75, 3.05) is 0 Å². The highest BCUT2D eigenvalue weighted by Crippen LogP contribution is 2.27. The summed E-state index contributed by atoms with van der Waals surface area (Å²) in [5, 5.41) is 0.613. The summed E-state index contributed by atoms with van der Waals surface area (Å²) >= 11 is 5.83. The molecule has 0 saturated heterocycles. The minimum atomic E-state index is -0.490. The zero-order chi connectivity index (χ0) is 14.4. The van der Waals surface area contributed by atoms with Crippen LogP contribution in [0.1, 0.15) is 45.1 Å². The first-order chi connectivity index (χ1) is 8.95. The van der Waals surface area contributed by atoms with Gasteiger partial charge in [0.25, 0.3) is 0 Å². The Balaban J connectivity index is 2.86. The van der Waals surface area contributed by atoms with E-state index >= 15 is 0 Å². The summed E-state index contributed by atoms with van der Waals surface area (Å²) in [4.78, 5) is 23.5. The molecule has 1 aromatic rings. The molecule has 0 saturated carbocycles. The maximum Gasteiger partial charge on any atom is 0.321 e. The van der Waals surface area contributed by atoms with Gasteiger partial charge in [-0.05, 0) is 30.0 Å². The fourth-order valence-electron chi connectivity index (χ4n) is 1.89. The van der Waals surface area contributed by atoms with E-state index in [-0.39, 0.29) is 12.3 Å². The summed E-state index contributed by atoms with van der Waals surface area (Å²) in [5.74, 6) is -1.36. The molecule has 19 heavy (non-hydrogen) atoms. The summed E-state index contributed by atoms with van der Waals surface area (Å²) in [6.45, 7) is 5.71. The third kappa shape index (κ3) is 4.67. The third-order valence-electron chi connectivity index (χ3n) is 2.82. The first kappa shape index (κ1) is 15.7. The Hall–Kier alpha value is -1.35. The Morgan fingerprint density at radius 2 is 1.79 bits per heavy atom. The number of ether oxygens (including phenoxy) is 1. The second-order valence-corrected chi connectivity index (χ2v) is 5.25. The van der Waals surface area contributed by atoms with Crippen molar-refractivity contribution in [2.24, 2.45) is 5.92 Å². The van der Waals surface area contributed by atoms with Gasteiger partial charge in [-0.25, -0.2) is 0 Å². The Labute approximate surface area is 118 Å². The van der Waals surface area contributed by atoms with E-state index in [0.717, 1.165) is 5.56 Å². The van der Waals surface area contributed by atoms with E-state index in [1.807, 2.05) is 20.8 Å². The van der Waals surface area contributed by atoms with Gasteiger partial charge in [0.1, 0.15) is 0 Å². The van der Waals surface area contributed by atoms with E-state index < -0.39 is 17.9 Å². The number of hydrogen-bond acceptors (Lipinski definition) is 3. The highest BCUT2D eigenvalue weighted by atomic mass is 35.5. The minimum absolute atomic E-state index is 0.0445. The first-order valence-electron chi connectivity index (χ1n) is 6.45. The number of esters is 2. The largest absolute Gasteiger partial charge is 0.393 e. The Morgan fingerprint density at radius 1 is 1.21 bits per heavy atom. The molecule has 0 aliphatic rings. The van der Waals surface area contributed by atoms with Gasteiger partial charge >= 0.3 is 11.9 Å². The van der Waals surface area contributed by atoms with Crippen molar-refractivity contribution in [2.45, 2.75) is 39.5 Å². The zero-order valence-electron chi connectivity index (χ0n) is 11.5. The minimum Gasteiger partial charge on any atom is -0.393 e. The standard InChI is InChI=1S/C15H19ClO3/c1-4-5-13(17)19-15(18)14(10(2)3)11-6-8-12(16)9-7-11/h6-10,14H,4-5H2,1-3H3. The van der Waals surface area contributed by atoms with Gasteiger partial charge in [-0.15, -0.1) is 0 Å². The molecule has 0 bridgehead atoms. The molecule has 1 unspecified atom stereocenters. The third-order valence-corrected chi connectivity index (χ3v) is 3.07. The molecule has 0 spiro atoms. The van der Waals surface area contributed by atoms with E-state index in [4.69, 9.17) is 16.3 Å². The van der Waals surface area contributed by atoms with Gasteiger partial charge in [-0.2, -0.15) is 0 Å². The van der Waals surface area contributed by atoms with E-state index in [0.29, 0.717) is 11.4 Å². The zero-order valence-corrected chi connectivity index (χ0v) is 12.2. The number of hydrogen-bond donors (Lipinski definition) is 0. The van der Waals surface area contributed by atoms with Crippen molar-refractivity contribution in [1.82, 2.24) is 0 Å². The lowest BCUT2D eigenvalue weighted by Crippen LogP contribution is -2.23. The van der Waals surface area contributed by atoms with E-state index in [9.17, 15) is 9.59 Å². The van der Waals surface area contributed by atoms with Crippen LogP contribution < -0.4 is 0 Å². The van der Waals surface area contributed by atoms with Crippen LogP contribution in [0.5, 0.6) is 0 Å². The van der Waals surface area contributed by atoms with Gasteiger partial charge in [0.2, 0.25) is 0 Å². The summed E-state index contributed by atoms with van der Waals surface area (Å²) in [7, 11) is 0. The number of benzene rings is 1. The summed E-state index contributed by atoms with van der Waals surface area (Å²) in [5.41, 5.74) is 0.814. The molecule has 1 atom stereocenters. The maximum absolute atomic E-state index is 12.1. The van der Waals surface area contributed by atoms with Gasteiger partial charge in [-0.1, -0.05) is 44.5 Å². The van der Waals surface area contributed by atoms with Crippen molar-refractivity contribution in [1.29, 1.82) is 0 Å². The van der Waals surface area contributed by atoms with Crippen LogP contribution in [0.2, 0.25) is 5.02 Å². The highest BCUT2D eigenvalue weighted by molar-refractivity contribution is 6.30. The molecule has 104 valence electrons. The van der Waals surface area contributed by atoms with Crippen molar-refractivity contribution >= 4 is 23.5 Å². The Bertz CT molecular complexity index is 437. The van der Waals surface area contributed by atoms with Crippen molar-refractivity contribution < 1.29 is 14.3 Å². The average molecular weight is 283 g/mol. The first-order valence-corrected chi connectivity index (χ1v) is 6.83. The predicted octanol–water partition coefficient (Wildman–Crippen LogP) is 3.95. The summed E-state index contributed by atoms with van der Waals surface area (Å²) < 4.78 is 4.89. The van der Waals surface area contributed by atoms with Crippen molar-refractivity contribution in [3.8, 4) is 0 Å². The molecule has 0 fully saturated rings. The topological polar surface area (TPSA) is 43.4 Å². The predicted molar refractivity (Wildman–Crippen MR) is 75.0 cm³/mol. The molecule has 4 heteroatoms. The molecule has 0 aromatic heterocycles. The average Bonchev–Trinajstić information content (AvgIpc) is 2.31. The molecule has 0 aliphatic carbocycles. The molecule has 1 aromatic carbocycles. The SMILES string of the molecule is CCCC(=O)OC(=O)C(c1ccc(Cl)cc1)C(C)C. The lowest BCUT2D eigenvalue weighted by molar-refractivity contribution is -0.161. The van der Waals surface area contributed by atoms with Crippen LogP contribution in [0.25, 0.3) is 0 Å². The number of carbonyl (C=O) groups is 2. The van der Waals surface area contributed by atoms with Crippen LogP contribution in [-0.4, -0.2) is 11.9 Å². The van der Waals surface area contributed by atoms with E-state index in [2.05, 4.69) is 0 Å². The molecule has 3 nitrogen and oxygen atoms in total. The fraction of sp³-hybridized carbons (Fsp3) is 0.467. The van der Waals surface area contributed by atoms with Crippen LogP contribution >= 0.6 is 11.6 Å². The fourth-order valence-corrected chi connectivity index (χ4v) is 2.02. The number of rotatable bonds is 5. The molecule has 0 amide bonds. The second-order valence-electron chi connectivity index (χ2n) is 4.82. The molecule has 1 rings (SSSR count). The maximum atomic E-state index is 12.1. The second kappa shape index (κ2) is 7.29. The van der Waals surface area contributed by atoms with Crippen molar-refractivity contribution in [3.63, 3.8) is 0 Å². The molecular formula is C15H19ClO3. The Kier molecular flexibility index (Phi) is 6.03. The quantitative estimate of drug-likeness (QED) is 0.607. The van der Waals surface area contributed by atoms with Crippen LogP contribution in [0, 0.1) is 5.92 Å². The van der Waals surface area contributed by atoms with Gasteiger partial charge in [0.05, 0.1) is 5.92 Å². The normalized spacial score (nSPS) is 12.3. The van der Waals surface area contributed by atoms with Crippen LogP contribution in [0.15, 0.2) is 24.3 Å². The van der Waals surface area contributed by atoms with Crippen LogP contribution in [-0.2, 0) is 14.3 Å². The molecule has 0 aliphatic heterocycles. The van der Waals surface area contributed by atoms with Gasteiger partial charge in [0, 0.05) is 11.4 Å². The monoisotopic (exact) mass is 282 g/mol. The lowest BCUT2D eigenvalue weighted by Gasteiger charge is -2.19. The van der Waals surface area contributed by atoms with E-state index in [1.54, 1.807) is 24.3 Å². The number of halogens is 1.